The van der Waals surface area contributed by atoms with E-state index in [4.69, 9.17) is 5.26 Å². The van der Waals surface area contributed by atoms with Gasteiger partial charge in [0, 0.05) is 0 Å². The summed E-state index contributed by atoms with van der Waals surface area (Å²) in [5.74, 6) is 0.146. The van der Waals surface area contributed by atoms with Gasteiger partial charge >= 0.3 is 0 Å². The first-order valence-corrected chi connectivity index (χ1v) is 3.32. The minimum absolute atomic E-state index is 0.0181. The first kappa shape index (κ1) is 7.99. The van der Waals surface area contributed by atoms with Gasteiger partial charge in [-0.1, -0.05) is 5.16 Å². The lowest BCUT2D eigenvalue weighted by Gasteiger charge is -1.77. The minimum Gasteiger partial charge on any atom is -0.242 e. The highest BCUT2D eigenvalue weighted by Crippen LogP contribution is 2.15. The lowest BCUT2D eigenvalue weighted by Crippen LogP contribution is -1.70. The summed E-state index contributed by atoms with van der Waals surface area (Å²) in [6.07, 6.45) is 1.25. The molecule has 2 aromatic heterocycles. The normalized spacial score (nSPS) is 10.5. The number of nitrogens with zero attached hydrogens (tertiary/aromatic N) is 7. The molecule has 0 aliphatic carbocycles. The molecule has 0 unspecified atom stereocenters. The van der Waals surface area contributed by atoms with Gasteiger partial charge in [-0.3, -0.25) is 0 Å². The van der Waals surface area contributed by atoms with E-state index >= 15 is 0 Å². The largest absolute Gasteiger partial charge is 0.256 e. The maximum Gasteiger partial charge on any atom is 0.256 e. The highest BCUT2D eigenvalue weighted by Gasteiger charge is 2.07. The molecule has 9 nitrogen and oxygen atoms in total. The fraction of sp³-hybridized carbons (Fsp3) is 0. The Balaban J connectivity index is 2.23. The minimum atomic E-state index is -0.0507. The van der Waals surface area contributed by atoms with E-state index in [0.29, 0.717) is 0 Å². The predicted molar refractivity (Wildman–Crippen MR) is 37.5 cm³/mol. The molecule has 2 heterocycles. The Kier molecular flexibility index (Phi) is 1.94. The molecule has 0 amide bonds. The molecule has 0 aromatic carbocycles. The number of nitriles is 1. The summed E-state index contributed by atoms with van der Waals surface area (Å²) in [6, 6.07) is 1.73. The third-order valence-corrected chi connectivity index (χ3v) is 1.17. The monoisotopic (exact) mass is 191 g/mol. The molecule has 0 aliphatic heterocycles. The third kappa shape index (κ3) is 1.44. The van der Waals surface area contributed by atoms with Gasteiger partial charge in [-0.25, -0.2) is 9.26 Å². The lowest BCUT2D eigenvalue weighted by molar-refractivity contribution is 0.306. The van der Waals surface area contributed by atoms with Crippen molar-refractivity contribution in [2.24, 2.45) is 10.2 Å². The SMILES string of the molecule is N#Cc1nonc1N=Nc1cnon1. The Hall–Kier alpha value is -2.63. The quantitative estimate of drug-likeness (QED) is 0.640. The predicted octanol–water partition coefficient (Wildman–Crippen LogP) is 0.740. The van der Waals surface area contributed by atoms with Gasteiger partial charge in [-0.2, -0.15) is 5.26 Å². The molecule has 0 bridgehead atoms. The first-order valence-electron chi connectivity index (χ1n) is 3.32. The van der Waals surface area contributed by atoms with Gasteiger partial charge in [-0.05, 0) is 15.5 Å². The average molecular weight is 191 g/mol. The second-order valence-corrected chi connectivity index (χ2v) is 2.01. The molecule has 2 aromatic rings. The first-order chi connectivity index (χ1) is 6.90. The number of aromatic nitrogens is 4. The van der Waals surface area contributed by atoms with Crippen molar-refractivity contribution in [1.82, 2.24) is 20.6 Å². The maximum atomic E-state index is 8.50. The van der Waals surface area contributed by atoms with E-state index in [1.165, 1.54) is 6.20 Å². The second kappa shape index (κ2) is 3.40. The molecule has 0 fully saturated rings. The van der Waals surface area contributed by atoms with Crippen molar-refractivity contribution in [3.05, 3.63) is 11.9 Å². The highest BCUT2D eigenvalue weighted by atomic mass is 16.6. The van der Waals surface area contributed by atoms with Crippen molar-refractivity contribution >= 4 is 11.6 Å². The molecule has 9 heteroatoms. The van der Waals surface area contributed by atoms with Crippen LogP contribution in [0.15, 0.2) is 25.7 Å². The fourth-order valence-corrected chi connectivity index (χ4v) is 0.622. The molecule has 0 aliphatic rings. The zero-order valence-electron chi connectivity index (χ0n) is 6.52. The van der Waals surface area contributed by atoms with Gasteiger partial charge in [0.05, 0.1) is 0 Å². The molecule has 0 saturated carbocycles. The third-order valence-electron chi connectivity index (χ3n) is 1.17. The molecule has 0 saturated heterocycles. The summed E-state index contributed by atoms with van der Waals surface area (Å²) >= 11 is 0. The van der Waals surface area contributed by atoms with Crippen LogP contribution in [0.4, 0.5) is 11.6 Å². The summed E-state index contributed by atoms with van der Waals surface area (Å²) in [6.45, 7) is 0. The van der Waals surface area contributed by atoms with E-state index in [0.717, 1.165) is 0 Å². The summed E-state index contributed by atoms with van der Waals surface area (Å²) in [7, 11) is 0. The van der Waals surface area contributed by atoms with E-state index in [2.05, 4.69) is 40.1 Å². The number of hydrogen-bond acceptors (Lipinski definition) is 9. The van der Waals surface area contributed by atoms with Gasteiger partial charge in [0.25, 0.3) is 5.82 Å². The molecule has 0 spiro atoms. The molecule has 0 N–H and O–H groups in total. The molecular formula is C5HN7O2. The topological polar surface area (TPSA) is 126 Å². The van der Waals surface area contributed by atoms with E-state index in [-0.39, 0.29) is 17.3 Å². The lowest BCUT2D eigenvalue weighted by atomic mass is 10.5. The van der Waals surface area contributed by atoms with Gasteiger partial charge < -0.3 is 0 Å². The van der Waals surface area contributed by atoms with E-state index in [1.807, 2.05) is 0 Å². The summed E-state index contributed by atoms with van der Waals surface area (Å²) < 4.78 is 8.53. The molecule has 2 rings (SSSR count). The second-order valence-electron chi connectivity index (χ2n) is 2.01. The Morgan fingerprint density at radius 2 is 2.14 bits per heavy atom. The Bertz CT molecular complexity index is 478. The molecule has 68 valence electrons. The van der Waals surface area contributed by atoms with Crippen molar-refractivity contribution in [3.8, 4) is 6.07 Å². The molecule has 0 atom stereocenters. The zero-order valence-corrected chi connectivity index (χ0v) is 6.52. The van der Waals surface area contributed by atoms with Crippen LogP contribution in [0.2, 0.25) is 0 Å². The van der Waals surface area contributed by atoms with Crippen molar-refractivity contribution < 1.29 is 9.26 Å². The van der Waals surface area contributed by atoms with Crippen LogP contribution in [0.1, 0.15) is 5.69 Å². The Morgan fingerprint density at radius 1 is 1.21 bits per heavy atom. The summed E-state index contributed by atoms with van der Waals surface area (Å²) in [4.78, 5) is 0. The number of rotatable bonds is 2. The van der Waals surface area contributed by atoms with E-state index < -0.39 is 0 Å². The smallest absolute Gasteiger partial charge is 0.242 e. The van der Waals surface area contributed by atoms with Crippen LogP contribution in [0.5, 0.6) is 0 Å². The number of azo groups is 1. The van der Waals surface area contributed by atoms with Crippen LogP contribution in [0.25, 0.3) is 0 Å². The van der Waals surface area contributed by atoms with E-state index in [1.54, 1.807) is 6.07 Å². The van der Waals surface area contributed by atoms with Crippen molar-refractivity contribution in [2.45, 2.75) is 0 Å². The Labute approximate surface area is 76.0 Å². The van der Waals surface area contributed by atoms with E-state index in [9.17, 15) is 0 Å². The van der Waals surface area contributed by atoms with Crippen LogP contribution in [-0.4, -0.2) is 20.6 Å². The van der Waals surface area contributed by atoms with Crippen molar-refractivity contribution in [1.29, 1.82) is 5.26 Å². The van der Waals surface area contributed by atoms with Gasteiger partial charge in [0.15, 0.2) is 0 Å². The van der Waals surface area contributed by atoms with Crippen molar-refractivity contribution in [2.75, 3.05) is 0 Å². The highest BCUT2D eigenvalue weighted by molar-refractivity contribution is 5.39. The molecular weight excluding hydrogens is 190 g/mol. The summed E-state index contributed by atoms with van der Waals surface area (Å²) in [5.41, 5.74) is -0.0507. The van der Waals surface area contributed by atoms with Crippen LogP contribution < -0.4 is 0 Å². The van der Waals surface area contributed by atoms with Crippen LogP contribution in [0.3, 0.4) is 0 Å². The van der Waals surface area contributed by atoms with Gasteiger partial charge in [0.2, 0.25) is 11.5 Å². The summed E-state index contributed by atoms with van der Waals surface area (Å²) in [5, 5.41) is 28.9. The fourth-order valence-electron chi connectivity index (χ4n) is 0.622. The standard InChI is InChI=1S/C5HN7O2/c6-1-3-5(12-14-10-3)9-8-4-2-7-13-11-4/h2H. The average Bonchev–Trinajstić information content (AvgIpc) is 2.85. The van der Waals surface area contributed by atoms with Gasteiger partial charge in [0.1, 0.15) is 12.3 Å². The van der Waals surface area contributed by atoms with Crippen LogP contribution in [-0.2, 0) is 0 Å². The van der Waals surface area contributed by atoms with Crippen LogP contribution >= 0.6 is 0 Å². The van der Waals surface area contributed by atoms with Crippen molar-refractivity contribution in [3.63, 3.8) is 0 Å². The zero-order chi connectivity index (χ0) is 9.80. The maximum absolute atomic E-state index is 8.50. The Morgan fingerprint density at radius 3 is 2.86 bits per heavy atom. The van der Waals surface area contributed by atoms with Gasteiger partial charge in [-0.15, -0.1) is 10.2 Å². The number of hydrogen-bond donors (Lipinski definition) is 0. The molecule has 14 heavy (non-hydrogen) atoms. The van der Waals surface area contributed by atoms with Crippen LogP contribution in [0, 0.1) is 11.3 Å². The molecule has 0 radical (unpaired) electrons.